The number of rotatable bonds is 5. The van der Waals surface area contributed by atoms with Gasteiger partial charge in [0.15, 0.2) is 0 Å². The highest BCUT2D eigenvalue weighted by atomic mass is 16.5. The molecule has 100 valence electrons. The molecule has 1 N–H and O–H groups in total. The predicted molar refractivity (Wildman–Crippen MR) is 71.0 cm³/mol. The molecule has 0 fully saturated rings. The summed E-state index contributed by atoms with van der Waals surface area (Å²) in [5, 5.41) is 6.84. The van der Waals surface area contributed by atoms with Gasteiger partial charge in [-0.25, -0.2) is 9.67 Å². The van der Waals surface area contributed by atoms with Crippen LogP contribution in [-0.2, 0) is 4.79 Å². The number of carbonyl (C=O) groups is 1. The lowest BCUT2D eigenvalue weighted by atomic mass is 10.2. The Morgan fingerprint density at radius 3 is 2.74 bits per heavy atom. The van der Waals surface area contributed by atoms with Crippen LogP contribution in [0, 0.1) is 0 Å². The number of anilines is 1. The van der Waals surface area contributed by atoms with Gasteiger partial charge in [0.2, 0.25) is 5.91 Å². The predicted octanol–water partition coefficient (Wildman–Crippen LogP) is 1.88. The van der Waals surface area contributed by atoms with E-state index in [4.69, 9.17) is 4.74 Å². The first-order chi connectivity index (χ1) is 9.19. The van der Waals surface area contributed by atoms with Gasteiger partial charge >= 0.3 is 0 Å². The molecule has 6 heteroatoms. The van der Waals surface area contributed by atoms with E-state index in [0.29, 0.717) is 6.42 Å². The van der Waals surface area contributed by atoms with Crippen LogP contribution in [0.25, 0.3) is 0 Å². The lowest BCUT2D eigenvalue weighted by Gasteiger charge is -2.11. The van der Waals surface area contributed by atoms with Gasteiger partial charge in [0, 0.05) is 12.1 Å². The molecular weight excluding hydrogens is 244 g/mol. The number of nitrogens with one attached hydrogen (secondary N) is 1. The van der Waals surface area contributed by atoms with E-state index < -0.39 is 0 Å². The fourth-order valence-corrected chi connectivity index (χ4v) is 1.69. The molecule has 0 spiro atoms. The van der Waals surface area contributed by atoms with Crippen molar-refractivity contribution in [1.29, 1.82) is 0 Å². The summed E-state index contributed by atoms with van der Waals surface area (Å²) in [6.45, 7) is 1.92. The van der Waals surface area contributed by atoms with Gasteiger partial charge < -0.3 is 10.1 Å². The molecule has 2 aromatic rings. The quantitative estimate of drug-likeness (QED) is 0.891. The van der Waals surface area contributed by atoms with E-state index in [1.54, 1.807) is 42.4 Å². The number of nitrogens with zero attached hydrogens (tertiary/aromatic N) is 3. The Kier molecular flexibility index (Phi) is 4.12. The van der Waals surface area contributed by atoms with Crippen LogP contribution in [0.2, 0.25) is 0 Å². The molecule has 0 saturated carbocycles. The lowest BCUT2D eigenvalue weighted by molar-refractivity contribution is -0.116. The van der Waals surface area contributed by atoms with Gasteiger partial charge in [0.05, 0.1) is 13.2 Å². The monoisotopic (exact) mass is 260 g/mol. The Hall–Kier alpha value is -2.37. The van der Waals surface area contributed by atoms with Crippen molar-refractivity contribution >= 4 is 11.6 Å². The maximum Gasteiger partial charge on any atom is 0.226 e. The van der Waals surface area contributed by atoms with Crippen LogP contribution >= 0.6 is 0 Å². The highest BCUT2D eigenvalue weighted by molar-refractivity contribution is 5.90. The maximum absolute atomic E-state index is 11.9. The number of methoxy groups -OCH3 is 1. The minimum absolute atomic E-state index is 0.0271. The van der Waals surface area contributed by atoms with Gasteiger partial charge in [-0.1, -0.05) is 0 Å². The van der Waals surface area contributed by atoms with E-state index in [1.165, 1.54) is 6.33 Å². The van der Waals surface area contributed by atoms with Crippen LogP contribution in [0.1, 0.15) is 19.4 Å². The molecular formula is C13H16N4O2. The zero-order valence-electron chi connectivity index (χ0n) is 10.9. The molecule has 1 aromatic heterocycles. The summed E-state index contributed by atoms with van der Waals surface area (Å²) in [6, 6.07) is 7.18. The molecule has 2 rings (SSSR count). The van der Waals surface area contributed by atoms with Crippen molar-refractivity contribution in [2.45, 2.75) is 19.4 Å². The minimum Gasteiger partial charge on any atom is -0.497 e. The van der Waals surface area contributed by atoms with Gasteiger partial charge in [0.1, 0.15) is 18.4 Å². The Bertz CT molecular complexity index is 522. The molecule has 0 aliphatic rings. The molecule has 0 bridgehead atoms. The topological polar surface area (TPSA) is 69.0 Å². The van der Waals surface area contributed by atoms with Crippen LogP contribution < -0.4 is 10.1 Å². The Morgan fingerprint density at radius 1 is 1.42 bits per heavy atom. The number of benzene rings is 1. The second-order valence-corrected chi connectivity index (χ2v) is 4.21. The molecule has 1 amide bonds. The zero-order valence-corrected chi connectivity index (χ0v) is 10.9. The standard InChI is InChI=1S/C13H16N4O2/c1-10(17-9-14-8-15-17)7-13(18)16-11-3-5-12(19-2)6-4-11/h3-6,8-10H,7H2,1-2H3,(H,16,18)/t10-/m1/s1. The summed E-state index contributed by atoms with van der Waals surface area (Å²) >= 11 is 0. The Balaban J connectivity index is 1.90. The normalized spacial score (nSPS) is 11.9. The van der Waals surface area contributed by atoms with E-state index in [-0.39, 0.29) is 11.9 Å². The summed E-state index contributed by atoms with van der Waals surface area (Å²) in [6.07, 6.45) is 3.40. The number of aromatic nitrogens is 3. The first-order valence-corrected chi connectivity index (χ1v) is 5.97. The van der Waals surface area contributed by atoms with Crippen LogP contribution in [0.15, 0.2) is 36.9 Å². The molecule has 0 aliphatic carbocycles. The number of hydrogen-bond donors (Lipinski definition) is 1. The molecule has 0 unspecified atom stereocenters. The number of carbonyl (C=O) groups excluding carboxylic acids is 1. The molecule has 1 heterocycles. The van der Waals surface area contributed by atoms with Crippen molar-refractivity contribution in [3.8, 4) is 5.75 Å². The highest BCUT2D eigenvalue weighted by Gasteiger charge is 2.11. The first-order valence-electron chi connectivity index (χ1n) is 5.97. The van der Waals surface area contributed by atoms with Gasteiger partial charge in [-0.05, 0) is 31.2 Å². The van der Waals surface area contributed by atoms with E-state index in [2.05, 4.69) is 15.4 Å². The molecule has 6 nitrogen and oxygen atoms in total. The van der Waals surface area contributed by atoms with Crippen molar-refractivity contribution in [2.24, 2.45) is 0 Å². The minimum atomic E-state index is -0.0619. The van der Waals surface area contributed by atoms with Gasteiger partial charge in [-0.3, -0.25) is 4.79 Å². The first kappa shape index (κ1) is 13.1. The maximum atomic E-state index is 11.9. The second-order valence-electron chi connectivity index (χ2n) is 4.21. The zero-order chi connectivity index (χ0) is 13.7. The third-order valence-corrected chi connectivity index (χ3v) is 2.74. The SMILES string of the molecule is COc1ccc(NC(=O)C[C@@H](C)n2cncn2)cc1. The largest absolute Gasteiger partial charge is 0.497 e. The van der Waals surface area contributed by atoms with E-state index in [1.807, 2.05) is 6.92 Å². The molecule has 0 saturated heterocycles. The molecule has 1 aromatic carbocycles. The van der Waals surface area contributed by atoms with E-state index in [0.717, 1.165) is 11.4 Å². The van der Waals surface area contributed by atoms with E-state index in [9.17, 15) is 4.79 Å². The second kappa shape index (κ2) is 5.99. The van der Waals surface area contributed by atoms with Crippen molar-refractivity contribution in [3.05, 3.63) is 36.9 Å². The number of amides is 1. The fourth-order valence-electron chi connectivity index (χ4n) is 1.69. The van der Waals surface area contributed by atoms with Crippen LogP contribution in [0.4, 0.5) is 5.69 Å². The number of ether oxygens (including phenoxy) is 1. The molecule has 1 atom stereocenters. The molecule has 0 aliphatic heterocycles. The summed E-state index contributed by atoms with van der Waals surface area (Å²) < 4.78 is 6.72. The van der Waals surface area contributed by atoms with Crippen molar-refractivity contribution in [2.75, 3.05) is 12.4 Å². The van der Waals surface area contributed by atoms with Crippen molar-refractivity contribution in [1.82, 2.24) is 14.8 Å². The van der Waals surface area contributed by atoms with Crippen molar-refractivity contribution < 1.29 is 9.53 Å². The van der Waals surface area contributed by atoms with Crippen LogP contribution in [0.3, 0.4) is 0 Å². The fraction of sp³-hybridized carbons (Fsp3) is 0.308. The van der Waals surface area contributed by atoms with E-state index >= 15 is 0 Å². The summed E-state index contributed by atoms with van der Waals surface area (Å²) in [7, 11) is 1.60. The average Bonchev–Trinajstić information content (AvgIpc) is 2.93. The summed E-state index contributed by atoms with van der Waals surface area (Å²) in [5.41, 5.74) is 0.747. The van der Waals surface area contributed by atoms with Crippen molar-refractivity contribution in [3.63, 3.8) is 0 Å². The average molecular weight is 260 g/mol. The van der Waals surface area contributed by atoms with Gasteiger partial charge in [-0.15, -0.1) is 0 Å². The third-order valence-electron chi connectivity index (χ3n) is 2.74. The van der Waals surface area contributed by atoms with Crippen LogP contribution in [0.5, 0.6) is 5.75 Å². The van der Waals surface area contributed by atoms with Gasteiger partial charge in [0.25, 0.3) is 0 Å². The third kappa shape index (κ3) is 3.54. The molecule has 19 heavy (non-hydrogen) atoms. The molecule has 0 radical (unpaired) electrons. The Morgan fingerprint density at radius 2 is 2.16 bits per heavy atom. The van der Waals surface area contributed by atoms with Gasteiger partial charge in [-0.2, -0.15) is 5.10 Å². The summed E-state index contributed by atoms with van der Waals surface area (Å²) in [4.78, 5) is 15.7. The summed E-state index contributed by atoms with van der Waals surface area (Å²) in [5.74, 6) is 0.696. The highest BCUT2D eigenvalue weighted by Crippen LogP contribution is 2.16. The number of hydrogen-bond acceptors (Lipinski definition) is 4. The smallest absolute Gasteiger partial charge is 0.226 e. The van der Waals surface area contributed by atoms with Crippen LogP contribution in [-0.4, -0.2) is 27.8 Å². The lowest BCUT2D eigenvalue weighted by Crippen LogP contribution is -2.17. The Labute approximate surface area is 111 Å².